The molecule has 7 aromatic rings. The number of anilines is 4. The van der Waals surface area contributed by atoms with E-state index in [1.165, 1.54) is 37.3 Å². The molecule has 2 saturated heterocycles. The fraction of sp³-hybridized carbons (Fsp3) is 0.556. The van der Waals surface area contributed by atoms with E-state index in [4.69, 9.17) is 30.0 Å². The Balaban J connectivity index is 0.697. The van der Waals surface area contributed by atoms with Gasteiger partial charge >= 0.3 is 0 Å². The minimum atomic E-state index is -0.978. The summed E-state index contributed by atoms with van der Waals surface area (Å²) < 4.78 is 10.4. The zero-order chi connectivity index (χ0) is 65.9. The van der Waals surface area contributed by atoms with Gasteiger partial charge in [0.05, 0.1) is 56.8 Å². The number of carbonyl (C=O) groups is 4. The molecule has 20 nitrogen and oxygen atoms in total. The number of aryl methyl sites for hydroxylation is 1. The number of carbonyl (C=O) groups excluding carboxylic acids is 4. The number of rotatable bonds is 22. The predicted molar refractivity (Wildman–Crippen MR) is 368 cm³/mol. The van der Waals surface area contributed by atoms with E-state index in [0.29, 0.717) is 42.4 Å². The highest BCUT2D eigenvalue weighted by molar-refractivity contribution is 7.22. The van der Waals surface area contributed by atoms with Crippen LogP contribution in [0.4, 0.5) is 22.6 Å². The molecule has 2 aromatic carbocycles. The number of amides is 4. The molecule has 6 atom stereocenters. The number of fused-ring (bicyclic) bond motifs is 2. The predicted octanol–water partition coefficient (Wildman–Crippen LogP) is 11.7. The molecule has 7 aliphatic rings. The molecule has 14 rings (SSSR count). The van der Waals surface area contributed by atoms with Crippen LogP contribution in [0.15, 0.2) is 72.4 Å². The summed E-state index contributed by atoms with van der Waals surface area (Å²) in [4.78, 5) is 78.9. The van der Waals surface area contributed by atoms with Gasteiger partial charge in [-0.3, -0.25) is 23.9 Å². The number of nitrogens with zero attached hydrogens (tertiary/aromatic N) is 10. The molecule has 4 saturated carbocycles. The van der Waals surface area contributed by atoms with Crippen molar-refractivity contribution in [3.63, 3.8) is 0 Å². The van der Waals surface area contributed by atoms with Crippen molar-refractivity contribution in [2.45, 2.75) is 189 Å². The van der Waals surface area contributed by atoms with Crippen molar-refractivity contribution in [2.24, 2.45) is 21.7 Å². The lowest BCUT2D eigenvalue weighted by Gasteiger charge is -2.69. The Morgan fingerprint density at radius 1 is 0.851 bits per heavy atom. The van der Waals surface area contributed by atoms with Gasteiger partial charge in [0.1, 0.15) is 23.6 Å². The number of aliphatic hydroxyl groups excluding tert-OH is 1. The molecular formula is C72H92N14O6S2. The van der Waals surface area contributed by atoms with Gasteiger partial charge in [-0.1, -0.05) is 82.4 Å². The second-order valence-electron chi connectivity index (χ2n) is 30.1. The first-order chi connectivity index (χ1) is 44.9. The Morgan fingerprint density at radius 3 is 2.35 bits per heavy atom. The Hall–Kier alpha value is -7.24. The van der Waals surface area contributed by atoms with Gasteiger partial charge in [-0.2, -0.15) is 5.10 Å². The summed E-state index contributed by atoms with van der Waals surface area (Å²) in [6.45, 7) is 24.4. The number of β-amino-alcohol motifs (C(OH)–C–C–N with tert-alkyl or cyclic N) is 1. The molecule has 3 aliphatic heterocycles. The van der Waals surface area contributed by atoms with Crippen LogP contribution in [-0.4, -0.2) is 143 Å². The number of hydrogen-bond acceptors (Lipinski definition) is 17. The highest BCUT2D eigenvalue weighted by atomic mass is 32.1. The van der Waals surface area contributed by atoms with Gasteiger partial charge in [0.15, 0.2) is 16.8 Å². The average molecular weight is 1310 g/mol. The van der Waals surface area contributed by atoms with Gasteiger partial charge in [0, 0.05) is 73.5 Å². The van der Waals surface area contributed by atoms with Crippen molar-refractivity contribution < 1.29 is 29.0 Å². The lowest BCUT2D eigenvalue weighted by Crippen LogP contribution is -2.64. The summed E-state index contributed by atoms with van der Waals surface area (Å²) in [6.07, 6.45) is 13.0. The number of likely N-dealkylation sites (tertiary alicyclic amines) is 2. The molecule has 5 aromatic heterocycles. The summed E-state index contributed by atoms with van der Waals surface area (Å²) >= 11 is 3.15. The van der Waals surface area contributed by atoms with Gasteiger partial charge < -0.3 is 45.8 Å². The first-order valence-corrected chi connectivity index (χ1v) is 35.7. The number of benzene rings is 2. The maximum Gasteiger partial charge on any atom is 0.270 e. The van der Waals surface area contributed by atoms with Crippen LogP contribution in [0.5, 0.6) is 0 Å². The Bertz CT molecular complexity index is 3930. The maximum atomic E-state index is 14.9. The van der Waals surface area contributed by atoms with Crippen LogP contribution >= 0.6 is 22.7 Å². The fourth-order valence-electron chi connectivity index (χ4n) is 17.6. The Labute approximate surface area is 559 Å². The minimum Gasteiger partial charge on any atom is -0.391 e. The van der Waals surface area contributed by atoms with Crippen molar-refractivity contribution in [1.29, 1.82) is 0 Å². The van der Waals surface area contributed by atoms with Crippen LogP contribution in [0.1, 0.15) is 170 Å². The lowest BCUT2D eigenvalue weighted by atomic mass is 9.39. The smallest absolute Gasteiger partial charge is 0.270 e. The van der Waals surface area contributed by atoms with E-state index in [2.05, 4.69) is 74.5 Å². The van der Waals surface area contributed by atoms with Crippen LogP contribution in [0.25, 0.3) is 31.8 Å². The Morgan fingerprint density at radius 2 is 1.62 bits per heavy atom. The summed E-state index contributed by atoms with van der Waals surface area (Å²) in [5.74, 6) is 0.460. The molecule has 6 fully saturated rings. The standard InChI is InChI=1S/C72H92N14O6S2/c1-44-51-17-16-30-84(63(51)82-81-62(44)80-67-77-54-18-10-11-19-56(54)94-67)57-26-25-52(53-34-75-86(47(53)4)42-71-37-69(8)36-70(9,38-71)40-72(39-69,41-71)92-32-31-83-28-14-15-29-83)59(78-57)65(90)73-27-13-12-20-58(88)79-61(68(5,6)7)66(91)85-35-50(87)33-55(85)64(89)76-45(2)48-21-23-49(24-22-48)60-46(3)74-43-93-60/h10-11,18-19,21-26,34,43,45,50,55,61,87H,12-17,20,27-33,35-42H2,1-9H3,(H,73,90)(H,76,89)(H,79,88)(H,77,80,81)/t45-,50+,55-,61+,69?,70?,71?,72?/m0/s1. The van der Waals surface area contributed by atoms with Gasteiger partial charge in [0.2, 0.25) is 17.7 Å². The molecule has 498 valence electrons. The number of pyridine rings is 1. The molecule has 22 heteroatoms. The third kappa shape index (κ3) is 13.5. The van der Waals surface area contributed by atoms with E-state index in [9.17, 15) is 24.3 Å². The molecular weight excluding hydrogens is 1220 g/mol. The summed E-state index contributed by atoms with van der Waals surface area (Å²) in [6, 6.07) is 17.7. The molecule has 4 bridgehead atoms. The first kappa shape index (κ1) is 65.4. The van der Waals surface area contributed by atoms with E-state index >= 15 is 0 Å². The SMILES string of the molecule is Cc1ncsc1-c1ccc([C@H](C)NC(=O)[C@@H]2C[C@@H](O)CN2C(=O)[C@@H](NC(=O)CCCCNC(=O)c2nc(N3CCCc4c3nnc(Nc3nc5ccccc5s3)c4C)ccc2-c2cnn(CC34CC5(C)CC(C)(C3)CC(OCCN3CCCC3)(C5)C4)c2C)C(C)(C)C)cc1. The van der Waals surface area contributed by atoms with E-state index in [1.807, 2.05) is 101 Å². The van der Waals surface area contributed by atoms with Gasteiger partial charge in [0.25, 0.3) is 5.91 Å². The number of ether oxygens (including phenoxy) is 1. The number of para-hydroxylation sites is 1. The van der Waals surface area contributed by atoms with E-state index < -0.39 is 29.5 Å². The molecule has 5 N–H and O–H groups in total. The summed E-state index contributed by atoms with van der Waals surface area (Å²) in [5, 5.41) is 39.0. The third-order valence-electron chi connectivity index (χ3n) is 21.0. The topological polar surface area (TPSA) is 238 Å². The second kappa shape index (κ2) is 26.1. The largest absolute Gasteiger partial charge is 0.391 e. The lowest BCUT2D eigenvalue weighted by molar-refractivity contribution is -0.248. The number of unbranched alkanes of at least 4 members (excludes halogenated alkanes) is 1. The minimum absolute atomic E-state index is 0.0159. The number of aliphatic hydroxyl groups is 1. The molecule has 4 amide bonds. The normalized spacial score (nSPS) is 24.8. The van der Waals surface area contributed by atoms with Crippen molar-refractivity contribution in [3.05, 3.63) is 106 Å². The molecule has 8 heterocycles. The second-order valence-corrected chi connectivity index (χ2v) is 32.0. The highest BCUT2D eigenvalue weighted by Gasteiger charge is 2.66. The number of hydrogen-bond donors (Lipinski definition) is 5. The molecule has 4 aliphatic carbocycles. The van der Waals surface area contributed by atoms with Crippen molar-refractivity contribution in [3.8, 4) is 21.6 Å². The fourth-order valence-corrected chi connectivity index (χ4v) is 19.3. The number of thiazole rings is 2. The highest BCUT2D eigenvalue weighted by Crippen LogP contribution is 2.72. The number of aromatic nitrogens is 7. The van der Waals surface area contributed by atoms with Crippen LogP contribution < -0.4 is 26.2 Å². The van der Waals surface area contributed by atoms with Crippen molar-refractivity contribution >= 4 is 79.1 Å². The molecule has 0 spiro atoms. The van der Waals surface area contributed by atoms with Gasteiger partial charge in [-0.05, 0) is 175 Å². The van der Waals surface area contributed by atoms with Crippen LogP contribution in [-0.2, 0) is 32.1 Å². The monoisotopic (exact) mass is 1310 g/mol. The average Bonchev–Trinajstić information content (AvgIpc) is 0.930. The van der Waals surface area contributed by atoms with E-state index in [0.717, 1.165) is 124 Å². The summed E-state index contributed by atoms with van der Waals surface area (Å²) in [5.41, 5.74) is 9.97. The van der Waals surface area contributed by atoms with Crippen molar-refractivity contribution in [2.75, 3.05) is 56.1 Å². The zero-order valence-electron chi connectivity index (χ0n) is 56.1. The first-order valence-electron chi connectivity index (χ1n) is 34.0. The third-order valence-corrected chi connectivity index (χ3v) is 22.9. The van der Waals surface area contributed by atoms with Crippen LogP contribution in [0.3, 0.4) is 0 Å². The zero-order valence-corrected chi connectivity index (χ0v) is 57.7. The number of nitrogens with one attached hydrogen (secondary N) is 4. The maximum absolute atomic E-state index is 14.9. The van der Waals surface area contributed by atoms with E-state index in [-0.39, 0.29) is 77.2 Å². The Kier molecular flexibility index (Phi) is 18.1. The quantitative estimate of drug-likeness (QED) is 0.0397. The van der Waals surface area contributed by atoms with Gasteiger partial charge in [-0.25, -0.2) is 15.0 Å². The van der Waals surface area contributed by atoms with Crippen molar-refractivity contribution in [1.82, 2.24) is 60.7 Å². The molecule has 94 heavy (non-hydrogen) atoms. The van der Waals surface area contributed by atoms with Crippen LogP contribution in [0, 0.1) is 42.4 Å². The summed E-state index contributed by atoms with van der Waals surface area (Å²) in [7, 11) is 0. The van der Waals surface area contributed by atoms with Gasteiger partial charge in [-0.15, -0.1) is 21.5 Å². The van der Waals surface area contributed by atoms with E-state index in [1.54, 1.807) is 22.7 Å². The van der Waals surface area contributed by atoms with Crippen LogP contribution in [0.2, 0.25) is 0 Å². The molecule has 0 radical (unpaired) electrons. The molecule has 2 unspecified atom stereocenters.